The molecule has 3 aromatic rings. The van der Waals surface area contributed by atoms with Crippen LogP contribution < -0.4 is 5.32 Å². The minimum Gasteiger partial charge on any atom is -0.449 e. The molecular formula is C20H15Cl2NO3. The van der Waals surface area contributed by atoms with E-state index in [1.54, 1.807) is 6.07 Å². The molecule has 132 valence electrons. The molecule has 3 aromatic carbocycles. The third-order valence-corrected chi connectivity index (χ3v) is 4.40. The van der Waals surface area contributed by atoms with Gasteiger partial charge in [-0.3, -0.25) is 4.79 Å². The highest BCUT2D eigenvalue weighted by atomic mass is 35.5. The van der Waals surface area contributed by atoms with Gasteiger partial charge in [0.25, 0.3) is 5.91 Å². The molecule has 3 rings (SSSR count). The average molecular weight is 388 g/mol. The third kappa shape index (κ3) is 3.98. The van der Waals surface area contributed by atoms with E-state index in [2.05, 4.69) is 5.32 Å². The Balaban J connectivity index is 1.72. The van der Waals surface area contributed by atoms with E-state index in [0.29, 0.717) is 10.7 Å². The highest BCUT2D eigenvalue weighted by Crippen LogP contribution is 2.24. The van der Waals surface area contributed by atoms with Crippen molar-refractivity contribution in [3.8, 4) is 0 Å². The van der Waals surface area contributed by atoms with Crippen molar-refractivity contribution < 1.29 is 14.3 Å². The Bertz CT molecular complexity index is 982. The number of benzene rings is 3. The van der Waals surface area contributed by atoms with Gasteiger partial charge in [0.1, 0.15) is 0 Å². The summed E-state index contributed by atoms with van der Waals surface area (Å²) in [5.41, 5.74) is 0.807. The minimum atomic E-state index is -0.992. The Morgan fingerprint density at radius 1 is 1.00 bits per heavy atom. The molecule has 0 saturated heterocycles. The van der Waals surface area contributed by atoms with Crippen molar-refractivity contribution >= 4 is 51.5 Å². The van der Waals surface area contributed by atoms with Crippen LogP contribution in [0.25, 0.3) is 10.8 Å². The van der Waals surface area contributed by atoms with Gasteiger partial charge in [0, 0.05) is 16.1 Å². The molecule has 4 nitrogen and oxygen atoms in total. The van der Waals surface area contributed by atoms with Gasteiger partial charge in [0.15, 0.2) is 6.10 Å². The Morgan fingerprint density at radius 3 is 2.50 bits per heavy atom. The van der Waals surface area contributed by atoms with E-state index in [4.69, 9.17) is 27.9 Å². The zero-order valence-electron chi connectivity index (χ0n) is 13.8. The van der Waals surface area contributed by atoms with Crippen LogP contribution >= 0.6 is 23.2 Å². The number of carbonyl (C=O) groups excluding carboxylic acids is 2. The molecule has 1 amide bonds. The zero-order chi connectivity index (χ0) is 18.7. The van der Waals surface area contributed by atoms with Crippen LogP contribution in [0.3, 0.4) is 0 Å². The molecular weight excluding hydrogens is 373 g/mol. The van der Waals surface area contributed by atoms with Gasteiger partial charge in [-0.25, -0.2) is 4.79 Å². The number of hydrogen-bond donors (Lipinski definition) is 1. The lowest BCUT2D eigenvalue weighted by atomic mass is 10.1. The Hall–Kier alpha value is -2.56. The van der Waals surface area contributed by atoms with Gasteiger partial charge in [0.05, 0.1) is 10.6 Å². The van der Waals surface area contributed by atoms with Crippen LogP contribution in [0.5, 0.6) is 0 Å². The van der Waals surface area contributed by atoms with E-state index in [9.17, 15) is 9.59 Å². The van der Waals surface area contributed by atoms with Crippen LogP contribution in [0.1, 0.15) is 17.3 Å². The SMILES string of the molecule is C[C@H](OC(=O)c1ccc(Cl)cc1Cl)C(=O)Nc1cccc2ccccc12. The largest absolute Gasteiger partial charge is 0.449 e. The molecule has 0 aromatic heterocycles. The van der Waals surface area contributed by atoms with Crippen LogP contribution in [0.15, 0.2) is 60.7 Å². The lowest BCUT2D eigenvalue weighted by molar-refractivity contribution is -0.123. The number of anilines is 1. The van der Waals surface area contributed by atoms with E-state index in [1.165, 1.54) is 25.1 Å². The van der Waals surface area contributed by atoms with Gasteiger partial charge in [-0.05, 0) is 36.6 Å². The van der Waals surface area contributed by atoms with Gasteiger partial charge < -0.3 is 10.1 Å². The molecule has 0 radical (unpaired) electrons. The highest BCUT2D eigenvalue weighted by Gasteiger charge is 2.21. The lowest BCUT2D eigenvalue weighted by Crippen LogP contribution is -2.30. The van der Waals surface area contributed by atoms with E-state index in [-0.39, 0.29) is 10.6 Å². The first-order valence-electron chi connectivity index (χ1n) is 7.90. The summed E-state index contributed by atoms with van der Waals surface area (Å²) in [6.07, 6.45) is -0.992. The van der Waals surface area contributed by atoms with Gasteiger partial charge in [-0.15, -0.1) is 0 Å². The molecule has 26 heavy (non-hydrogen) atoms. The number of esters is 1. The molecule has 0 bridgehead atoms. The first-order valence-corrected chi connectivity index (χ1v) is 8.66. The number of ether oxygens (including phenoxy) is 1. The number of hydrogen-bond acceptors (Lipinski definition) is 3. The van der Waals surface area contributed by atoms with Crippen LogP contribution in [0.2, 0.25) is 10.0 Å². The second-order valence-corrected chi connectivity index (χ2v) is 6.53. The van der Waals surface area contributed by atoms with Crippen molar-refractivity contribution in [2.24, 2.45) is 0 Å². The molecule has 0 fully saturated rings. The molecule has 0 saturated carbocycles. The van der Waals surface area contributed by atoms with Crippen molar-refractivity contribution in [1.82, 2.24) is 0 Å². The summed E-state index contributed by atoms with van der Waals surface area (Å²) in [6.45, 7) is 1.50. The summed E-state index contributed by atoms with van der Waals surface area (Å²) >= 11 is 11.8. The number of fused-ring (bicyclic) bond motifs is 1. The number of amides is 1. The molecule has 6 heteroatoms. The van der Waals surface area contributed by atoms with Gasteiger partial charge >= 0.3 is 5.97 Å². The predicted molar refractivity (Wildman–Crippen MR) is 104 cm³/mol. The summed E-state index contributed by atoms with van der Waals surface area (Å²) in [6, 6.07) is 17.7. The van der Waals surface area contributed by atoms with Crippen LogP contribution in [-0.4, -0.2) is 18.0 Å². The van der Waals surface area contributed by atoms with Gasteiger partial charge in [-0.2, -0.15) is 0 Å². The van der Waals surface area contributed by atoms with Crippen molar-refractivity contribution in [3.05, 3.63) is 76.3 Å². The fourth-order valence-electron chi connectivity index (χ4n) is 2.50. The number of halogens is 2. The topological polar surface area (TPSA) is 55.4 Å². The fourth-order valence-corrected chi connectivity index (χ4v) is 2.99. The number of rotatable bonds is 4. The first kappa shape index (κ1) is 18.2. The summed E-state index contributed by atoms with van der Waals surface area (Å²) in [7, 11) is 0. The van der Waals surface area contributed by atoms with E-state index >= 15 is 0 Å². The number of carbonyl (C=O) groups is 2. The maximum atomic E-state index is 12.4. The molecule has 0 aliphatic carbocycles. The van der Waals surface area contributed by atoms with Crippen molar-refractivity contribution in [2.75, 3.05) is 5.32 Å². The molecule has 1 atom stereocenters. The first-order chi connectivity index (χ1) is 12.5. The van der Waals surface area contributed by atoms with E-state index in [1.807, 2.05) is 36.4 Å². The summed E-state index contributed by atoms with van der Waals surface area (Å²) in [4.78, 5) is 24.6. The standard InChI is InChI=1S/C20H15Cl2NO3/c1-12(26-20(25)16-10-9-14(21)11-17(16)22)19(24)23-18-8-4-6-13-5-2-3-7-15(13)18/h2-12H,1H3,(H,23,24)/t12-/m0/s1. The molecule has 0 heterocycles. The molecule has 0 unspecified atom stereocenters. The maximum Gasteiger partial charge on any atom is 0.340 e. The summed E-state index contributed by atoms with van der Waals surface area (Å²) in [5.74, 6) is -1.12. The van der Waals surface area contributed by atoms with Crippen LogP contribution in [-0.2, 0) is 9.53 Å². The number of nitrogens with one attached hydrogen (secondary N) is 1. The Kier molecular flexibility index (Phi) is 5.45. The normalized spacial score (nSPS) is 11.8. The molecule has 0 aliphatic rings. The smallest absolute Gasteiger partial charge is 0.340 e. The lowest BCUT2D eigenvalue weighted by Gasteiger charge is -2.15. The predicted octanol–water partition coefficient (Wildman–Crippen LogP) is 5.33. The van der Waals surface area contributed by atoms with Crippen LogP contribution in [0.4, 0.5) is 5.69 Å². The summed E-state index contributed by atoms with van der Waals surface area (Å²) < 4.78 is 5.22. The highest BCUT2D eigenvalue weighted by molar-refractivity contribution is 6.36. The fraction of sp³-hybridized carbons (Fsp3) is 0.100. The summed E-state index contributed by atoms with van der Waals surface area (Å²) in [5, 5.41) is 5.28. The van der Waals surface area contributed by atoms with E-state index in [0.717, 1.165) is 10.8 Å². The Morgan fingerprint density at radius 2 is 1.73 bits per heavy atom. The minimum absolute atomic E-state index is 0.154. The monoisotopic (exact) mass is 387 g/mol. The van der Waals surface area contributed by atoms with Crippen molar-refractivity contribution in [3.63, 3.8) is 0 Å². The average Bonchev–Trinajstić information content (AvgIpc) is 2.61. The molecule has 0 aliphatic heterocycles. The zero-order valence-corrected chi connectivity index (χ0v) is 15.3. The van der Waals surface area contributed by atoms with Crippen molar-refractivity contribution in [2.45, 2.75) is 13.0 Å². The quantitative estimate of drug-likeness (QED) is 0.615. The third-order valence-electron chi connectivity index (χ3n) is 3.85. The van der Waals surface area contributed by atoms with Gasteiger partial charge in [-0.1, -0.05) is 59.6 Å². The molecule has 0 spiro atoms. The Labute approximate surface area is 160 Å². The van der Waals surface area contributed by atoms with E-state index < -0.39 is 18.0 Å². The van der Waals surface area contributed by atoms with Crippen molar-refractivity contribution in [1.29, 1.82) is 0 Å². The maximum absolute atomic E-state index is 12.4. The van der Waals surface area contributed by atoms with Gasteiger partial charge in [0.2, 0.25) is 0 Å². The van der Waals surface area contributed by atoms with Crippen LogP contribution in [0, 0.1) is 0 Å². The molecule has 1 N–H and O–H groups in total. The second-order valence-electron chi connectivity index (χ2n) is 5.69. The second kappa shape index (κ2) is 7.77.